The molecule has 2 aliphatic rings. The summed E-state index contributed by atoms with van der Waals surface area (Å²) in [5, 5.41) is 0. The molecule has 2 bridgehead atoms. The molecule has 2 saturated heterocycles. The molecule has 1 aromatic rings. The maximum absolute atomic E-state index is 6.21. The van der Waals surface area contributed by atoms with Gasteiger partial charge in [0.05, 0.1) is 0 Å². The zero-order valence-corrected chi connectivity index (χ0v) is 12.0. The fourth-order valence-corrected chi connectivity index (χ4v) is 3.78. The Morgan fingerprint density at radius 2 is 1.84 bits per heavy atom. The van der Waals surface area contributed by atoms with Crippen LogP contribution in [-0.2, 0) is 0 Å². The second-order valence-corrected chi connectivity index (χ2v) is 6.29. The molecular formula is C16H25N3. The van der Waals surface area contributed by atoms with E-state index in [9.17, 15) is 0 Å². The van der Waals surface area contributed by atoms with Crippen molar-refractivity contribution in [1.82, 2.24) is 0 Å². The molecule has 2 unspecified atom stereocenters. The molecule has 0 saturated carbocycles. The van der Waals surface area contributed by atoms with Crippen LogP contribution in [0.15, 0.2) is 24.3 Å². The Kier molecular flexibility index (Phi) is 3.40. The lowest BCUT2D eigenvalue weighted by molar-refractivity contribution is 0.271. The van der Waals surface area contributed by atoms with Gasteiger partial charge in [-0.3, -0.25) is 0 Å². The molecule has 2 N–H and O–H groups in total. The predicted octanol–water partition coefficient (Wildman–Crippen LogP) is 2.60. The molecule has 0 amide bonds. The van der Waals surface area contributed by atoms with Gasteiger partial charge in [-0.1, -0.05) is 6.07 Å². The highest BCUT2D eigenvalue weighted by atomic mass is 15.2. The van der Waals surface area contributed by atoms with Crippen LogP contribution >= 0.6 is 0 Å². The van der Waals surface area contributed by atoms with Gasteiger partial charge in [0.15, 0.2) is 0 Å². The van der Waals surface area contributed by atoms with Crippen LogP contribution in [0.4, 0.5) is 11.4 Å². The normalized spacial score (nSPS) is 30.3. The van der Waals surface area contributed by atoms with Gasteiger partial charge in [-0.05, 0) is 50.3 Å². The molecule has 3 rings (SSSR count). The summed E-state index contributed by atoms with van der Waals surface area (Å²) >= 11 is 0. The fourth-order valence-electron chi connectivity index (χ4n) is 3.78. The predicted molar refractivity (Wildman–Crippen MR) is 81.9 cm³/mol. The van der Waals surface area contributed by atoms with E-state index < -0.39 is 0 Å². The summed E-state index contributed by atoms with van der Waals surface area (Å²) in [5.74, 6) is 0. The summed E-state index contributed by atoms with van der Waals surface area (Å²) in [5.41, 5.74) is 8.87. The van der Waals surface area contributed by atoms with Crippen molar-refractivity contribution in [2.75, 3.05) is 23.9 Å². The van der Waals surface area contributed by atoms with Gasteiger partial charge in [0.1, 0.15) is 0 Å². The second-order valence-electron chi connectivity index (χ2n) is 6.29. The van der Waals surface area contributed by atoms with E-state index >= 15 is 0 Å². The quantitative estimate of drug-likeness (QED) is 0.886. The van der Waals surface area contributed by atoms with Crippen molar-refractivity contribution in [2.24, 2.45) is 5.73 Å². The molecule has 3 heteroatoms. The minimum absolute atomic E-state index is 0.406. The third-order valence-corrected chi connectivity index (χ3v) is 4.66. The zero-order chi connectivity index (χ0) is 13.4. The number of hydrogen-bond donors (Lipinski definition) is 1. The highest BCUT2D eigenvalue weighted by molar-refractivity contribution is 5.60. The highest BCUT2D eigenvalue weighted by Gasteiger charge is 2.37. The van der Waals surface area contributed by atoms with Crippen molar-refractivity contribution in [1.29, 1.82) is 0 Å². The highest BCUT2D eigenvalue weighted by Crippen LogP contribution is 2.38. The van der Waals surface area contributed by atoms with Crippen molar-refractivity contribution in [3.8, 4) is 0 Å². The number of anilines is 2. The summed E-state index contributed by atoms with van der Waals surface area (Å²) in [6.07, 6.45) is 6.28. The van der Waals surface area contributed by atoms with E-state index in [0.717, 1.165) is 12.8 Å². The molecule has 0 aromatic heterocycles. The van der Waals surface area contributed by atoms with Crippen LogP contribution in [0.3, 0.4) is 0 Å². The maximum atomic E-state index is 6.21. The largest absolute Gasteiger partial charge is 0.378 e. The molecule has 19 heavy (non-hydrogen) atoms. The van der Waals surface area contributed by atoms with E-state index in [-0.39, 0.29) is 0 Å². The lowest BCUT2D eigenvalue weighted by atomic mass is 9.81. The van der Waals surface area contributed by atoms with Crippen molar-refractivity contribution in [3.63, 3.8) is 0 Å². The molecular weight excluding hydrogens is 234 g/mol. The number of rotatable bonds is 2. The Morgan fingerprint density at radius 1 is 1.16 bits per heavy atom. The van der Waals surface area contributed by atoms with E-state index in [0.29, 0.717) is 18.1 Å². The molecule has 0 radical (unpaired) electrons. The van der Waals surface area contributed by atoms with Gasteiger partial charge in [-0.15, -0.1) is 0 Å². The van der Waals surface area contributed by atoms with Crippen molar-refractivity contribution >= 4 is 11.4 Å². The number of piperidine rings is 2. The van der Waals surface area contributed by atoms with Gasteiger partial charge in [0, 0.05) is 43.6 Å². The van der Waals surface area contributed by atoms with Gasteiger partial charge in [0.2, 0.25) is 0 Å². The molecule has 1 aromatic carbocycles. The summed E-state index contributed by atoms with van der Waals surface area (Å²) in [7, 11) is 4.21. The Hall–Kier alpha value is -1.22. The summed E-state index contributed by atoms with van der Waals surface area (Å²) in [6, 6.07) is 10.6. The second kappa shape index (κ2) is 5.04. The van der Waals surface area contributed by atoms with Crippen LogP contribution in [0.2, 0.25) is 0 Å². The molecule has 0 aliphatic carbocycles. The number of nitrogens with two attached hydrogens (primary N) is 1. The van der Waals surface area contributed by atoms with Gasteiger partial charge in [0.25, 0.3) is 0 Å². The first-order chi connectivity index (χ1) is 9.15. The molecule has 2 aliphatic heterocycles. The van der Waals surface area contributed by atoms with Crippen LogP contribution in [0, 0.1) is 0 Å². The first-order valence-corrected chi connectivity index (χ1v) is 7.46. The van der Waals surface area contributed by atoms with Crippen LogP contribution in [0.1, 0.15) is 32.1 Å². The van der Waals surface area contributed by atoms with Crippen molar-refractivity contribution in [2.45, 2.75) is 50.2 Å². The van der Waals surface area contributed by atoms with E-state index in [4.69, 9.17) is 5.73 Å². The lowest BCUT2D eigenvalue weighted by Crippen LogP contribution is -2.55. The molecule has 3 nitrogen and oxygen atoms in total. The SMILES string of the molecule is CN(C)c1cccc(N2C3CCCC2CC(N)C3)c1. The van der Waals surface area contributed by atoms with Crippen LogP contribution in [0.5, 0.6) is 0 Å². The number of nitrogens with zero attached hydrogens (tertiary/aromatic N) is 2. The Bertz CT molecular complexity index is 429. The molecule has 104 valence electrons. The molecule has 0 spiro atoms. The Balaban J connectivity index is 1.90. The molecule has 2 heterocycles. The van der Waals surface area contributed by atoms with Crippen LogP contribution in [0.25, 0.3) is 0 Å². The number of hydrogen-bond acceptors (Lipinski definition) is 3. The average molecular weight is 259 g/mol. The first kappa shape index (κ1) is 12.8. The van der Waals surface area contributed by atoms with E-state index in [1.54, 1.807) is 0 Å². The van der Waals surface area contributed by atoms with Crippen LogP contribution in [-0.4, -0.2) is 32.2 Å². The van der Waals surface area contributed by atoms with Crippen LogP contribution < -0.4 is 15.5 Å². The molecule has 2 atom stereocenters. The Labute approximate surface area is 116 Å². The first-order valence-electron chi connectivity index (χ1n) is 7.46. The van der Waals surface area contributed by atoms with E-state index in [2.05, 4.69) is 48.2 Å². The van der Waals surface area contributed by atoms with Gasteiger partial charge in [-0.2, -0.15) is 0 Å². The Morgan fingerprint density at radius 3 is 2.47 bits per heavy atom. The summed E-state index contributed by atoms with van der Waals surface area (Å²) in [4.78, 5) is 4.83. The lowest BCUT2D eigenvalue weighted by Gasteiger charge is -2.49. The third-order valence-electron chi connectivity index (χ3n) is 4.66. The minimum Gasteiger partial charge on any atom is -0.378 e. The van der Waals surface area contributed by atoms with E-state index in [1.807, 2.05) is 0 Å². The summed E-state index contributed by atoms with van der Waals surface area (Å²) in [6.45, 7) is 0. The van der Waals surface area contributed by atoms with Gasteiger partial charge < -0.3 is 15.5 Å². The molecule has 2 fully saturated rings. The smallest absolute Gasteiger partial charge is 0.0392 e. The topological polar surface area (TPSA) is 32.5 Å². The maximum Gasteiger partial charge on any atom is 0.0392 e. The van der Waals surface area contributed by atoms with Gasteiger partial charge >= 0.3 is 0 Å². The third kappa shape index (κ3) is 2.44. The minimum atomic E-state index is 0.406. The van der Waals surface area contributed by atoms with Crippen molar-refractivity contribution < 1.29 is 0 Å². The van der Waals surface area contributed by atoms with E-state index in [1.165, 1.54) is 30.6 Å². The van der Waals surface area contributed by atoms with Gasteiger partial charge in [-0.25, -0.2) is 0 Å². The fraction of sp³-hybridized carbons (Fsp3) is 0.625. The average Bonchev–Trinajstić information content (AvgIpc) is 2.37. The standard InChI is InChI=1S/C16H25N3/c1-18(2)13-5-3-8-16(11-13)19-14-6-4-7-15(19)10-12(17)9-14/h3,5,8,11-12,14-15H,4,6-7,9-10,17H2,1-2H3. The zero-order valence-electron chi connectivity index (χ0n) is 12.0. The number of benzene rings is 1. The number of fused-ring (bicyclic) bond motifs is 2. The van der Waals surface area contributed by atoms with Crippen molar-refractivity contribution in [3.05, 3.63) is 24.3 Å². The summed E-state index contributed by atoms with van der Waals surface area (Å²) < 4.78 is 0. The monoisotopic (exact) mass is 259 g/mol.